The summed E-state index contributed by atoms with van der Waals surface area (Å²) in [5.74, 6) is 0. The molecular weight excluding hydrogens is 220 g/mol. The third-order valence-electron chi connectivity index (χ3n) is 1.38. The summed E-state index contributed by atoms with van der Waals surface area (Å²) in [6.45, 7) is 1.60. The molecule has 48 valence electrons. The third-order valence-corrected chi connectivity index (χ3v) is 2.35. The van der Waals surface area contributed by atoms with Crippen molar-refractivity contribution in [3.63, 3.8) is 0 Å². The summed E-state index contributed by atoms with van der Waals surface area (Å²) in [4.78, 5) is 2.12. The van der Waals surface area contributed by atoms with Crippen LogP contribution in [0.15, 0.2) is 0 Å². The van der Waals surface area contributed by atoms with Gasteiger partial charge in [0.25, 0.3) is 0 Å². The molecule has 8 heavy (non-hydrogen) atoms. The maximum Gasteiger partial charge on any atom is 0.114 e. The van der Waals surface area contributed by atoms with Gasteiger partial charge in [-0.3, -0.25) is 4.90 Å². The fraction of sp³-hybridized carbons (Fsp3) is 1.00. The van der Waals surface area contributed by atoms with Gasteiger partial charge in [-0.2, -0.15) is 0 Å². The number of alkyl halides is 2. The highest BCUT2D eigenvalue weighted by molar-refractivity contribution is 14.1. The first-order valence-corrected chi connectivity index (χ1v) is 4.28. The Morgan fingerprint density at radius 2 is 2.50 bits per heavy atom. The lowest BCUT2D eigenvalue weighted by atomic mass is 10.4. The first-order valence-electron chi connectivity index (χ1n) is 2.75. The molecule has 1 unspecified atom stereocenters. The number of rotatable bonds is 1. The minimum Gasteiger partial charge on any atom is -0.291 e. The molecule has 1 fully saturated rings. The van der Waals surface area contributed by atoms with Crippen molar-refractivity contribution in [2.45, 2.75) is 12.6 Å². The quantitative estimate of drug-likeness (QED) is 0.373. The van der Waals surface area contributed by atoms with E-state index >= 15 is 0 Å². The first-order chi connectivity index (χ1) is 3.83. The number of hydrogen-bond donors (Lipinski definition) is 0. The Morgan fingerprint density at radius 3 is 2.75 bits per heavy atom. The molecule has 1 saturated heterocycles. The molecule has 1 rings (SSSR count). The van der Waals surface area contributed by atoms with Crippen LogP contribution in [-0.4, -0.2) is 28.7 Å². The predicted molar refractivity (Wildman–Crippen MR) is 40.0 cm³/mol. The van der Waals surface area contributed by atoms with Gasteiger partial charge in [-0.1, -0.05) is 22.6 Å². The van der Waals surface area contributed by atoms with Crippen molar-refractivity contribution in [1.29, 1.82) is 0 Å². The number of hydrogen-bond acceptors (Lipinski definition) is 1. The molecule has 0 aromatic rings. The van der Waals surface area contributed by atoms with Crippen molar-refractivity contribution in [1.82, 2.24) is 4.90 Å². The summed E-state index contributed by atoms with van der Waals surface area (Å²) in [7, 11) is 0. The zero-order valence-corrected chi connectivity index (χ0v) is 6.77. The van der Waals surface area contributed by atoms with E-state index in [1.54, 1.807) is 0 Å². The van der Waals surface area contributed by atoms with Gasteiger partial charge in [0.15, 0.2) is 0 Å². The molecule has 1 heterocycles. The molecule has 0 aromatic carbocycles. The van der Waals surface area contributed by atoms with Crippen LogP contribution in [0.25, 0.3) is 0 Å². The molecule has 0 spiro atoms. The van der Waals surface area contributed by atoms with Gasteiger partial charge in [0.1, 0.15) is 6.17 Å². The monoisotopic (exact) mass is 229 g/mol. The first kappa shape index (κ1) is 6.74. The Hall–Kier alpha value is 0.620. The van der Waals surface area contributed by atoms with Crippen LogP contribution >= 0.6 is 22.6 Å². The SMILES string of the molecule is FC1CCN(CI)C1. The highest BCUT2D eigenvalue weighted by Gasteiger charge is 2.19. The summed E-state index contributed by atoms with van der Waals surface area (Å²) in [5, 5.41) is 0. The average Bonchev–Trinajstić information content (AvgIpc) is 2.14. The highest BCUT2D eigenvalue weighted by Crippen LogP contribution is 2.12. The van der Waals surface area contributed by atoms with E-state index in [0.717, 1.165) is 17.5 Å². The maximum absolute atomic E-state index is 12.3. The molecule has 0 saturated carbocycles. The molecule has 0 radical (unpaired) electrons. The van der Waals surface area contributed by atoms with Crippen LogP contribution in [0.1, 0.15) is 6.42 Å². The second-order valence-corrected chi connectivity index (χ2v) is 2.76. The average molecular weight is 229 g/mol. The third kappa shape index (κ3) is 1.55. The lowest BCUT2D eigenvalue weighted by Gasteiger charge is -2.07. The molecular formula is C5H9FIN. The highest BCUT2D eigenvalue weighted by atomic mass is 127. The summed E-state index contributed by atoms with van der Waals surface area (Å²) in [5.41, 5.74) is 0. The summed E-state index contributed by atoms with van der Waals surface area (Å²) in [6, 6.07) is 0. The molecule has 0 N–H and O–H groups in total. The van der Waals surface area contributed by atoms with E-state index in [4.69, 9.17) is 0 Å². The van der Waals surface area contributed by atoms with Gasteiger partial charge in [0.2, 0.25) is 0 Å². The smallest absolute Gasteiger partial charge is 0.114 e. The van der Waals surface area contributed by atoms with E-state index in [1.807, 2.05) is 0 Å². The summed E-state index contributed by atoms with van der Waals surface area (Å²) < 4.78 is 13.3. The van der Waals surface area contributed by atoms with Crippen molar-refractivity contribution in [2.75, 3.05) is 17.6 Å². The van der Waals surface area contributed by atoms with E-state index in [1.165, 1.54) is 0 Å². The van der Waals surface area contributed by atoms with Crippen LogP contribution < -0.4 is 0 Å². The van der Waals surface area contributed by atoms with Crippen LogP contribution in [-0.2, 0) is 0 Å². The Bertz CT molecular complexity index is 78.8. The minimum absolute atomic E-state index is 0.551. The predicted octanol–water partition coefficient (Wildman–Crippen LogP) is 1.42. The van der Waals surface area contributed by atoms with Gasteiger partial charge in [0.05, 0.1) is 4.55 Å². The fourth-order valence-corrected chi connectivity index (χ4v) is 1.51. The Morgan fingerprint density at radius 1 is 1.75 bits per heavy atom. The van der Waals surface area contributed by atoms with E-state index < -0.39 is 6.17 Å². The van der Waals surface area contributed by atoms with E-state index in [-0.39, 0.29) is 0 Å². The Labute approximate surface area is 62.4 Å². The zero-order chi connectivity index (χ0) is 5.98. The Kier molecular flexibility index (Phi) is 2.49. The largest absolute Gasteiger partial charge is 0.291 e. The zero-order valence-electron chi connectivity index (χ0n) is 4.61. The normalized spacial score (nSPS) is 31.5. The van der Waals surface area contributed by atoms with Gasteiger partial charge in [0, 0.05) is 13.1 Å². The second kappa shape index (κ2) is 2.96. The second-order valence-electron chi connectivity index (χ2n) is 2.08. The van der Waals surface area contributed by atoms with Gasteiger partial charge < -0.3 is 0 Å². The number of nitrogens with zero attached hydrogens (tertiary/aromatic N) is 1. The molecule has 0 aromatic heterocycles. The molecule has 0 aliphatic carbocycles. The van der Waals surface area contributed by atoms with Crippen LogP contribution in [0.5, 0.6) is 0 Å². The van der Waals surface area contributed by atoms with E-state index in [0.29, 0.717) is 6.54 Å². The topological polar surface area (TPSA) is 3.24 Å². The van der Waals surface area contributed by atoms with E-state index in [2.05, 4.69) is 27.5 Å². The van der Waals surface area contributed by atoms with Crippen molar-refractivity contribution in [3.05, 3.63) is 0 Å². The molecule has 1 nitrogen and oxygen atoms in total. The maximum atomic E-state index is 12.3. The van der Waals surface area contributed by atoms with Gasteiger partial charge in [-0.15, -0.1) is 0 Å². The number of likely N-dealkylation sites (tertiary alicyclic amines) is 1. The van der Waals surface area contributed by atoms with Gasteiger partial charge >= 0.3 is 0 Å². The van der Waals surface area contributed by atoms with Crippen molar-refractivity contribution in [3.8, 4) is 0 Å². The van der Waals surface area contributed by atoms with Crippen LogP contribution in [0, 0.1) is 0 Å². The number of halogens is 2. The molecule has 0 amide bonds. The van der Waals surface area contributed by atoms with Crippen LogP contribution in [0.4, 0.5) is 4.39 Å². The lowest BCUT2D eigenvalue weighted by molar-refractivity contribution is 0.318. The van der Waals surface area contributed by atoms with Crippen molar-refractivity contribution in [2.24, 2.45) is 0 Å². The molecule has 3 heteroatoms. The molecule has 1 atom stereocenters. The fourth-order valence-electron chi connectivity index (χ4n) is 0.894. The Balaban J connectivity index is 2.22. The molecule has 0 bridgehead atoms. The molecule has 1 aliphatic rings. The van der Waals surface area contributed by atoms with Gasteiger partial charge in [-0.05, 0) is 6.42 Å². The van der Waals surface area contributed by atoms with Gasteiger partial charge in [-0.25, -0.2) is 4.39 Å². The van der Waals surface area contributed by atoms with Crippen LogP contribution in [0.3, 0.4) is 0 Å². The minimum atomic E-state index is -0.551. The lowest BCUT2D eigenvalue weighted by Crippen LogP contribution is -2.18. The molecule has 1 aliphatic heterocycles. The standard InChI is InChI=1S/C5H9FIN/c6-5-1-2-8(3-5)4-7/h5H,1-4H2. The van der Waals surface area contributed by atoms with Crippen molar-refractivity contribution < 1.29 is 4.39 Å². The summed E-state index contributed by atoms with van der Waals surface area (Å²) in [6.07, 6.45) is 0.188. The van der Waals surface area contributed by atoms with Crippen molar-refractivity contribution >= 4 is 22.6 Å². The summed E-state index contributed by atoms with van der Waals surface area (Å²) >= 11 is 2.26. The van der Waals surface area contributed by atoms with Crippen LogP contribution in [0.2, 0.25) is 0 Å². The van der Waals surface area contributed by atoms with E-state index in [9.17, 15) is 4.39 Å².